The summed E-state index contributed by atoms with van der Waals surface area (Å²) in [4.78, 5) is 1.07. The molecular formula is C10H11Br2N3OS2. The minimum absolute atomic E-state index is 0.641. The summed E-state index contributed by atoms with van der Waals surface area (Å²) < 4.78 is 9.78. The van der Waals surface area contributed by atoms with Crippen LogP contribution in [0.25, 0.3) is 10.7 Å². The van der Waals surface area contributed by atoms with E-state index in [0.29, 0.717) is 11.4 Å². The molecule has 0 atom stereocenters. The lowest BCUT2D eigenvalue weighted by atomic mass is 10.4. The van der Waals surface area contributed by atoms with Gasteiger partial charge in [0.25, 0.3) is 0 Å². The third-order valence-corrected chi connectivity index (χ3v) is 5.92. The van der Waals surface area contributed by atoms with Crippen LogP contribution in [0.3, 0.4) is 0 Å². The van der Waals surface area contributed by atoms with Gasteiger partial charge in [-0.25, -0.2) is 0 Å². The van der Waals surface area contributed by atoms with Gasteiger partial charge in [0.2, 0.25) is 0 Å². The molecule has 0 spiro atoms. The molecule has 0 aromatic carbocycles. The van der Waals surface area contributed by atoms with E-state index in [1.807, 2.05) is 10.6 Å². The highest BCUT2D eigenvalue weighted by molar-refractivity contribution is 9.13. The van der Waals surface area contributed by atoms with Crippen LogP contribution < -0.4 is 0 Å². The van der Waals surface area contributed by atoms with Crippen LogP contribution in [0, 0.1) is 4.77 Å². The summed E-state index contributed by atoms with van der Waals surface area (Å²) in [6.45, 7) is 1.51. The first kappa shape index (κ1) is 14.4. The van der Waals surface area contributed by atoms with Crippen molar-refractivity contribution < 1.29 is 4.74 Å². The molecule has 1 N–H and O–H groups in total. The van der Waals surface area contributed by atoms with Crippen molar-refractivity contribution in [2.45, 2.75) is 13.0 Å². The molecule has 0 aliphatic heterocycles. The Hall–Kier alpha value is -0.0200. The highest BCUT2D eigenvalue weighted by Crippen LogP contribution is 2.37. The normalized spacial score (nSPS) is 11.1. The Bertz CT molecular complexity index is 571. The monoisotopic (exact) mass is 411 g/mol. The van der Waals surface area contributed by atoms with Crippen molar-refractivity contribution in [2.75, 3.05) is 13.7 Å². The van der Waals surface area contributed by atoms with Gasteiger partial charge in [0.15, 0.2) is 10.6 Å². The number of nitrogens with one attached hydrogen (secondary N) is 1. The largest absolute Gasteiger partial charge is 0.385 e. The highest BCUT2D eigenvalue weighted by Gasteiger charge is 2.13. The second kappa shape index (κ2) is 6.42. The number of aromatic amines is 1. The fourth-order valence-corrected chi connectivity index (χ4v) is 3.79. The van der Waals surface area contributed by atoms with E-state index in [9.17, 15) is 0 Å². The summed E-state index contributed by atoms with van der Waals surface area (Å²) in [5, 5.41) is 7.14. The first-order valence-corrected chi connectivity index (χ1v) is 8.04. The lowest BCUT2D eigenvalue weighted by Gasteiger charge is -2.04. The van der Waals surface area contributed by atoms with Crippen LogP contribution in [0.4, 0.5) is 0 Å². The maximum atomic E-state index is 5.25. The summed E-state index contributed by atoms with van der Waals surface area (Å²) in [5.41, 5.74) is 0. The number of ether oxygens (including phenoxy) is 1. The zero-order valence-corrected chi connectivity index (χ0v) is 14.4. The van der Waals surface area contributed by atoms with Crippen LogP contribution in [0.2, 0.25) is 0 Å². The Balaban J connectivity index is 2.30. The van der Waals surface area contributed by atoms with Crippen LogP contribution in [-0.4, -0.2) is 28.5 Å². The smallest absolute Gasteiger partial charge is 0.195 e. The third kappa shape index (κ3) is 3.11. The molecular weight excluding hydrogens is 402 g/mol. The second-order valence-corrected chi connectivity index (χ2v) is 7.19. The van der Waals surface area contributed by atoms with E-state index in [1.165, 1.54) is 0 Å². The van der Waals surface area contributed by atoms with Gasteiger partial charge < -0.3 is 4.74 Å². The molecule has 0 aliphatic rings. The number of rotatable bonds is 5. The molecule has 98 valence electrons. The van der Waals surface area contributed by atoms with Crippen LogP contribution in [0.1, 0.15) is 6.42 Å². The van der Waals surface area contributed by atoms with Gasteiger partial charge in [-0.3, -0.25) is 9.67 Å². The maximum absolute atomic E-state index is 5.25. The lowest BCUT2D eigenvalue weighted by molar-refractivity contribution is 0.190. The van der Waals surface area contributed by atoms with Gasteiger partial charge in [0.1, 0.15) is 0 Å². The van der Waals surface area contributed by atoms with E-state index >= 15 is 0 Å². The summed E-state index contributed by atoms with van der Waals surface area (Å²) in [6, 6.07) is 2.03. The predicted octanol–water partition coefficient (Wildman–Crippen LogP) is 4.23. The molecule has 8 heteroatoms. The highest BCUT2D eigenvalue weighted by atomic mass is 79.9. The first-order chi connectivity index (χ1) is 8.63. The molecule has 0 amide bonds. The summed E-state index contributed by atoms with van der Waals surface area (Å²) >= 11 is 13.8. The standard InChI is InChI=1S/C10H11Br2N3OS2/c1-16-4-2-3-15-9(13-14-10(15)17)7-5-6(11)8(12)18-7/h5H,2-4H2,1H3,(H,14,17). The van der Waals surface area contributed by atoms with Gasteiger partial charge in [0, 0.05) is 24.7 Å². The van der Waals surface area contributed by atoms with E-state index < -0.39 is 0 Å². The van der Waals surface area contributed by atoms with Gasteiger partial charge >= 0.3 is 0 Å². The zero-order chi connectivity index (χ0) is 13.1. The van der Waals surface area contributed by atoms with Crippen molar-refractivity contribution in [3.63, 3.8) is 0 Å². The van der Waals surface area contributed by atoms with Crippen LogP contribution in [0.15, 0.2) is 14.3 Å². The van der Waals surface area contributed by atoms with Crippen molar-refractivity contribution in [1.82, 2.24) is 14.8 Å². The molecule has 2 aromatic rings. The Kier molecular flexibility index (Phi) is 5.14. The molecule has 0 radical (unpaired) electrons. The molecule has 0 bridgehead atoms. The molecule has 0 fully saturated rings. The summed E-state index contributed by atoms with van der Waals surface area (Å²) in [7, 11) is 1.70. The van der Waals surface area contributed by atoms with Gasteiger partial charge in [-0.1, -0.05) is 0 Å². The number of hydrogen-bond acceptors (Lipinski definition) is 4. The van der Waals surface area contributed by atoms with E-state index in [1.54, 1.807) is 18.4 Å². The second-order valence-electron chi connectivity index (χ2n) is 3.58. The van der Waals surface area contributed by atoms with Crippen LogP contribution in [0.5, 0.6) is 0 Å². The van der Waals surface area contributed by atoms with E-state index in [4.69, 9.17) is 17.0 Å². The average molecular weight is 413 g/mol. The topological polar surface area (TPSA) is 42.8 Å². The number of H-pyrrole nitrogens is 1. The van der Waals surface area contributed by atoms with Gasteiger partial charge in [-0.15, -0.1) is 11.3 Å². The molecule has 0 aliphatic carbocycles. The number of hydrogen-bond donors (Lipinski definition) is 1. The molecule has 2 rings (SSSR count). The van der Waals surface area contributed by atoms with Gasteiger partial charge in [-0.05, 0) is 56.6 Å². The lowest BCUT2D eigenvalue weighted by Crippen LogP contribution is -2.03. The van der Waals surface area contributed by atoms with E-state index in [2.05, 4.69) is 42.1 Å². The fourth-order valence-electron chi connectivity index (χ4n) is 1.54. The first-order valence-electron chi connectivity index (χ1n) is 5.23. The fraction of sp³-hybridized carbons (Fsp3) is 0.400. The number of methoxy groups -OCH3 is 1. The molecule has 4 nitrogen and oxygen atoms in total. The van der Waals surface area contributed by atoms with Crippen LogP contribution in [-0.2, 0) is 11.3 Å². The number of thiophene rings is 1. The van der Waals surface area contributed by atoms with Crippen molar-refractivity contribution in [3.05, 3.63) is 19.1 Å². The Morgan fingerprint density at radius 1 is 1.56 bits per heavy atom. The van der Waals surface area contributed by atoms with Crippen molar-refractivity contribution in [1.29, 1.82) is 0 Å². The molecule has 2 aromatic heterocycles. The Morgan fingerprint density at radius 3 is 2.94 bits per heavy atom. The third-order valence-electron chi connectivity index (χ3n) is 2.35. The molecule has 18 heavy (non-hydrogen) atoms. The van der Waals surface area contributed by atoms with E-state index in [0.717, 1.165) is 31.9 Å². The van der Waals surface area contributed by atoms with Gasteiger partial charge in [-0.2, -0.15) is 5.10 Å². The van der Waals surface area contributed by atoms with Crippen molar-refractivity contribution in [2.24, 2.45) is 0 Å². The molecule has 0 saturated carbocycles. The zero-order valence-electron chi connectivity index (χ0n) is 9.57. The molecule has 0 unspecified atom stereocenters. The summed E-state index contributed by atoms with van der Waals surface area (Å²) in [6.07, 6.45) is 0.908. The van der Waals surface area contributed by atoms with Crippen LogP contribution >= 0.6 is 55.4 Å². The van der Waals surface area contributed by atoms with Crippen molar-refractivity contribution in [3.8, 4) is 10.7 Å². The quantitative estimate of drug-likeness (QED) is 0.590. The Labute approximate surface area is 131 Å². The Morgan fingerprint density at radius 2 is 2.33 bits per heavy atom. The number of halogens is 2. The predicted molar refractivity (Wildman–Crippen MR) is 82.6 cm³/mol. The number of aromatic nitrogens is 3. The summed E-state index contributed by atoms with van der Waals surface area (Å²) in [5.74, 6) is 0.868. The average Bonchev–Trinajstić information content (AvgIpc) is 2.85. The molecule has 0 saturated heterocycles. The SMILES string of the molecule is COCCCn1c(-c2cc(Br)c(Br)s2)n[nH]c1=S. The van der Waals surface area contributed by atoms with Gasteiger partial charge in [0.05, 0.1) is 8.66 Å². The maximum Gasteiger partial charge on any atom is 0.195 e. The van der Waals surface area contributed by atoms with Crippen molar-refractivity contribution >= 4 is 55.4 Å². The number of nitrogens with zero attached hydrogens (tertiary/aromatic N) is 2. The molecule has 2 heterocycles. The van der Waals surface area contributed by atoms with E-state index in [-0.39, 0.29) is 0 Å². The minimum atomic E-state index is 0.641. The minimum Gasteiger partial charge on any atom is -0.385 e.